The molecule has 0 radical (unpaired) electrons. The number of ether oxygens (including phenoxy) is 2. The first kappa shape index (κ1) is 31.5. The number of aryl methyl sites for hydroxylation is 1. The molecule has 0 aromatic heterocycles. The van der Waals surface area contributed by atoms with Crippen molar-refractivity contribution in [1.82, 2.24) is 9.62 Å². The predicted molar refractivity (Wildman–Crippen MR) is 163 cm³/mol. The summed E-state index contributed by atoms with van der Waals surface area (Å²) < 4.78 is 40.0. The monoisotopic (exact) mass is 595 g/mol. The summed E-state index contributed by atoms with van der Waals surface area (Å²) in [6.45, 7) is 6.85. The Kier molecular flexibility index (Phi) is 10.6. The number of nitrogens with two attached hydrogens (primary N) is 1. The molecule has 226 valence electrons. The number of hydrogen-bond acceptors (Lipinski definition) is 7. The SMILES string of the molecule is Cc1cc(OC2CCOC2)cc(C(=O)N[C@@H](Cc2ccccc2)[C@H](O)CN(CC(C)C)S(=O)(=O)c2ccc(N)cc2)c1. The molecular weight excluding hydrogens is 554 g/mol. The summed E-state index contributed by atoms with van der Waals surface area (Å²) in [6, 6.07) is 20.0. The van der Waals surface area contributed by atoms with Crippen molar-refractivity contribution in [2.24, 2.45) is 5.92 Å². The van der Waals surface area contributed by atoms with E-state index >= 15 is 0 Å². The van der Waals surface area contributed by atoms with Crippen LogP contribution < -0.4 is 15.8 Å². The van der Waals surface area contributed by atoms with Gasteiger partial charge in [-0.1, -0.05) is 44.2 Å². The smallest absolute Gasteiger partial charge is 0.251 e. The van der Waals surface area contributed by atoms with Crippen molar-refractivity contribution in [2.75, 3.05) is 32.0 Å². The summed E-state index contributed by atoms with van der Waals surface area (Å²) >= 11 is 0. The second kappa shape index (κ2) is 14.2. The quantitative estimate of drug-likeness (QED) is 0.256. The molecule has 1 fully saturated rings. The third-order valence-electron chi connectivity index (χ3n) is 7.06. The minimum Gasteiger partial charge on any atom is -0.488 e. The fraction of sp³-hybridized carbons (Fsp3) is 0.406. The highest BCUT2D eigenvalue weighted by molar-refractivity contribution is 7.89. The summed E-state index contributed by atoms with van der Waals surface area (Å²) in [4.78, 5) is 13.6. The van der Waals surface area contributed by atoms with Gasteiger partial charge in [-0.05, 0) is 72.9 Å². The van der Waals surface area contributed by atoms with Crippen LogP contribution in [0.5, 0.6) is 5.75 Å². The summed E-state index contributed by atoms with van der Waals surface area (Å²) in [5, 5.41) is 14.5. The number of nitrogens with zero attached hydrogens (tertiary/aromatic N) is 1. The van der Waals surface area contributed by atoms with Crippen LogP contribution >= 0.6 is 0 Å². The van der Waals surface area contributed by atoms with E-state index in [1.165, 1.54) is 28.6 Å². The number of nitrogen functional groups attached to an aromatic ring is 1. The van der Waals surface area contributed by atoms with Gasteiger partial charge in [-0.2, -0.15) is 4.31 Å². The van der Waals surface area contributed by atoms with Gasteiger partial charge in [0.1, 0.15) is 11.9 Å². The van der Waals surface area contributed by atoms with Crippen molar-refractivity contribution in [3.8, 4) is 5.75 Å². The minimum absolute atomic E-state index is 0.00102. The number of carbonyl (C=O) groups excluding carboxylic acids is 1. The van der Waals surface area contributed by atoms with Gasteiger partial charge < -0.3 is 25.6 Å². The van der Waals surface area contributed by atoms with Gasteiger partial charge in [-0.3, -0.25) is 4.79 Å². The molecule has 3 atom stereocenters. The van der Waals surface area contributed by atoms with Crippen molar-refractivity contribution in [2.45, 2.75) is 56.8 Å². The number of carbonyl (C=O) groups is 1. The molecule has 1 saturated heterocycles. The van der Waals surface area contributed by atoms with E-state index in [2.05, 4.69) is 5.32 Å². The van der Waals surface area contributed by atoms with Crippen molar-refractivity contribution in [3.05, 3.63) is 89.5 Å². The van der Waals surface area contributed by atoms with Crippen molar-refractivity contribution in [3.63, 3.8) is 0 Å². The lowest BCUT2D eigenvalue weighted by atomic mass is 10.00. The van der Waals surface area contributed by atoms with Crippen LogP contribution in [0.1, 0.15) is 41.8 Å². The van der Waals surface area contributed by atoms with Gasteiger partial charge in [0.05, 0.1) is 30.3 Å². The molecule has 3 aromatic rings. The van der Waals surface area contributed by atoms with Crippen LogP contribution in [0.15, 0.2) is 77.7 Å². The first-order valence-corrected chi connectivity index (χ1v) is 15.7. The maximum Gasteiger partial charge on any atom is 0.251 e. The lowest BCUT2D eigenvalue weighted by Crippen LogP contribution is -2.51. The highest BCUT2D eigenvalue weighted by atomic mass is 32.2. The number of nitrogens with one attached hydrogen (secondary N) is 1. The molecule has 1 aliphatic rings. The average molecular weight is 596 g/mol. The molecular formula is C32H41N3O6S. The summed E-state index contributed by atoms with van der Waals surface area (Å²) in [6.07, 6.45) is -0.176. The van der Waals surface area contributed by atoms with Gasteiger partial charge in [0, 0.05) is 30.8 Å². The molecule has 1 aliphatic heterocycles. The highest BCUT2D eigenvalue weighted by Crippen LogP contribution is 2.23. The molecule has 0 spiro atoms. The highest BCUT2D eigenvalue weighted by Gasteiger charge is 2.31. The number of sulfonamides is 1. The Morgan fingerprint density at radius 1 is 1.10 bits per heavy atom. The molecule has 4 rings (SSSR count). The fourth-order valence-corrected chi connectivity index (χ4v) is 6.57. The van der Waals surface area contributed by atoms with Crippen LogP contribution in [0.3, 0.4) is 0 Å². The summed E-state index contributed by atoms with van der Waals surface area (Å²) in [7, 11) is -3.94. The van der Waals surface area contributed by atoms with Crippen molar-refractivity contribution < 1.29 is 27.8 Å². The number of benzene rings is 3. The molecule has 0 saturated carbocycles. The van der Waals surface area contributed by atoms with E-state index in [1.807, 2.05) is 57.2 Å². The van der Waals surface area contributed by atoms with Crippen molar-refractivity contribution in [1.29, 1.82) is 0 Å². The number of amides is 1. The molecule has 0 aliphatic carbocycles. The van der Waals surface area contributed by atoms with Crippen LogP contribution in [0.25, 0.3) is 0 Å². The Morgan fingerprint density at radius 2 is 1.81 bits per heavy atom. The van der Waals surface area contributed by atoms with Crippen LogP contribution in [0, 0.1) is 12.8 Å². The zero-order chi connectivity index (χ0) is 30.3. The minimum atomic E-state index is -3.94. The number of aliphatic hydroxyl groups excluding tert-OH is 1. The van der Waals surface area contributed by atoms with E-state index < -0.39 is 22.2 Å². The molecule has 4 N–H and O–H groups in total. The van der Waals surface area contributed by atoms with Crippen LogP contribution in [0.2, 0.25) is 0 Å². The molecule has 9 nitrogen and oxygen atoms in total. The molecule has 0 bridgehead atoms. The Morgan fingerprint density at radius 3 is 2.45 bits per heavy atom. The predicted octanol–water partition coefficient (Wildman–Crippen LogP) is 3.79. The normalized spacial score (nSPS) is 16.9. The van der Waals surface area contributed by atoms with E-state index in [9.17, 15) is 18.3 Å². The van der Waals surface area contributed by atoms with Gasteiger partial charge in [0.25, 0.3) is 5.91 Å². The Hall–Kier alpha value is -3.44. The second-order valence-corrected chi connectivity index (χ2v) is 13.2. The van der Waals surface area contributed by atoms with E-state index in [1.54, 1.807) is 12.1 Å². The van der Waals surface area contributed by atoms with Crippen LogP contribution in [0.4, 0.5) is 5.69 Å². The molecule has 42 heavy (non-hydrogen) atoms. The summed E-state index contributed by atoms with van der Waals surface area (Å²) in [5.41, 5.74) is 8.37. The number of aliphatic hydroxyl groups is 1. The first-order valence-electron chi connectivity index (χ1n) is 14.3. The third kappa shape index (κ3) is 8.54. The van der Waals surface area contributed by atoms with Gasteiger partial charge in [-0.15, -0.1) is 0 Å². The second-order valence-electron chi connectivity index (χ2n) is 11.3. The Balaban J connectivity index is 1.58. The van der Waals surface area contributed by atoms with Crippen molar-refractivity contribution >= 4 is 21.6 Å². The maximum absolute atomic E-state index is 13.6. The molecule has 1 amide bonds. The van der Waals surface area contributed by atoms with Gasteiger partial charge in [0.2, 0.25) is 10.0 Å². The van der Waals surface area contributed by atoms with Crippen LogP contribution in [-0.2, 0) is 21.2 Å². The van der Waals surface area contributed by atoms with E-state index in [4.69, 9.17) is 15.2 Å². The number of hydrogen-bond donors (Lipinski definition) is 3. The Bertz CT molecular complexity index is 1420. The topological polar surface area (TPSA) is 131 Å². The van der Waals surface area contributed by atoms with E-state index in [0.29, 0.717) is 36.6 Å². The van der Waals surface area contributed by atoms with Gasteiger partial charge in [0.15, 0.2) is 0 Å². The van der Waals surface area contributed by atoms with Gasteiger partial charge in [-0.25, -0.2) is 8.42 Å². The van der Waals surface area contributed by atoms with Gasteiger partial charge >= 0.3 is 0 Å². The van der Waals surface area contributed by atoms with E-state index in [-0.39, 0.29) is 35.9 Å². The lowest BCUT2D eigenvalue weighted by Gasteiger charge is -2.31. The fourth-order valence-electron chi connectivity index (χ4n) is 4.95. The zero-order valence-electron chi connectivity index (χ0n) is 24.4. The standard InChI is InChI=1S/C32H41N3O6S/c1-22(2)19-35(42(38,39)29-11-9-26(33)10-12-29)20-31(36)30(17-24-7-5-4-6-8-24)34-32(37)25-15-23(3)16-28(18-25)41-27-13-14-40-21-27/h4-12,15-16,18,22,27,30-31,36H,13-14,17,19-21,33H2,1-3H3,(H,34,37)/t27?,30-,31+/m0/s1. The maximum atomic E-state index is 13.6. The molecule has 1 unspecified atom stereocenters. The molecule has 1 heterocycles. The molecule has 10 heteroatoms. The Labute approximate surface area is 248 Å². The third-order valence-corrected chi connectivity index (χ3v) is 8.91. The molecule has 3 aromatic carbocycles. The lowest BCUT2D eigenvalue weighted by molar-refractivity contribution is 0.0775. The van der Waals surface area contributed by atoms with Crippen LogP contribution in [-0.4, -0.2) is 68.3 Å². The first-order chi connectivity index (χ1) is 20.0. The zero-order valence-corrected chi connectivity index (χ0v) is 25.2. The van der Waals surface area contributed by atoms with E-state index in [0.717, 1.165) is 17.5 Å². The number of rotatable bonds is 13. The number of anilines is 1. The average Bonchev–Trinajstić information content (AvgIpc) is 3.45. The largest absolute Gasteiger partial charge is 0.488 e. The summed E-state index contributed by atoms with van der Waals surface area (Å²) in [5.74, 6) is 0.190.